The number of hydrogen-bond donors (Lipinski definition) is 1. The largest absolute Gasteiger partial charge is 0.367 e. The van der Waals surface area contributed by atoms with Crippen molar-refractivity contribution in [1.29, 1.82) is 0 Å². The molecule has 1 saturated heterocycles. The highest BCUT2D eigenvalue weighted by Gasteiger charge is 2.33. The molecule has 0 bridgehead atoms. The van der Waals surface area contributed by atoms with E-state index in [9.17, 15) is 13.2 Å². The van der Waals surface area contributed by atoms with Gasteiger partial charge in [-0.15, -0.1) is 0 Å². The molecule has 0 saturated carbocycles. The molecule has 1 aromatic rings. The second kappa shape index (κ2) is 3.24. The minimum atomic E-state index is -2.96. The van der Waals surface area contributed by atoms with Gasteiger partial charge in [0, 0.05) is 23.9 Å². The van der Waals surface area contributed by atoms with Gasteiger partial charge in [-0.05, 0) is 12.5 Å². The summed E-state index contributed by atoms with van der Waals surface area (Å²) in [6.45, 7) is 0. The fraction of sp³-hybridized carbons (Fsp3) is 0.444. The van der Waals surface area contributed by atoms with Crippen molar-refractivity contribution in [3.63, 3.8) is 0 Å². The second-order valence-electron chi connectivity index (χ2n) is 3.56. The van der Waals surface area contributed by atoms with E-state index in [0.717, 1.165) is 0 Å². The van der Waals surface area contributed by atoms with Crippen LogP contribution in [-0.2, 0) is 9.84 Å². The third-order valence-electron chi connectivity index (χ3n) is 2.49. The zero-order valence-corrected chi connectivity index (χ0v) is 8.38. The highest BCUT2D eigenvalue weighted by Crippen LogP contribution is 2.22. The molecular weight excluding hydrogens is 202 g/mol. The molecule has 1 N–H and O–H groups in total. The van der Waals surface area contributed by atoms with Crippen LogP contribution < -0.4 is 0 Å². The molecule has 76 valence electrons. The topological polar surface area (TPSA) is 67.0 Å². The lowest BCUT2D eigenvalue weighted by molar-refractivity contribution is 0.0933. The number of carbonyl (C=O) groups excluding carboxylic acids is 1. The summed E-state index contributed by atoms with van der Waals surface area (Å²) in [6, 6.07) is 1.67. The lowest BCUT2D eigenvalue weighted by Gasteiger charge is -2.03. The molecule has 14 heavy (non-hydrogen) atoms. The maximum atomic E-state index is 11.7. The number of sulfone groups is 1. The fourth-order valence-corrected chi connectivity index (χ4v) is 3.46. The Morgan fingerprint density at radius 3 is 2.79 bits per heavy atom. The molecule has 1 aliphatic rings. The molecule has 0 spiro atoms. The van der Waals surface area contributed by atoms with E-state index < -0.39 is 9.84 Å². The Hall–Kier alpha value is -1.10. The van der Waals surface area contributed by atoms with E-state index >= 15 is 0 Å². The van der Waals surface area contributed by atoms with Gasteiger partial charge in [0.25, 0.3) is 0 Å². The molecule has 0 aliphatic carbocycles. The van der Waals surface area contributed by atoms with E-state index in [-0.39, 0.29) is 23.2 Å². The van der Waals surface area contributed by atoms with Gasteiger partial charge in [0.05, 0.1) is 11.5 Å². The monoisotopic (exact) mass is 213 g/mol. The molecule has 1 unspecified atom stereocenters. The standard InChI is InChI=1S/C9H11NO3S/c11-9(7-1-3-10-5-7)8-2-4-14(12,13)6-8/h1,3,5,8,10H,2,4,6H2. The normalized spacial score (nSPS) is 25.0. The zero-order chi connectivity index (χ0) is 10.2. The van der Waals surface area contributed by atoms with Crippen LogP contribution in [0.15, 0.2) is 18.5 Å². The summed E-state index contributed by atoms with van der Waals surface area (Å²) < 4.78 is 22.3. The molecule has 0 aromatic carbocycles. The Bertz CT molecular complexity index is 433. The Kier molecular flexibility index (Phi) is 2.19. The van der Waals surface area contributed by atoms with E-state index in [0.29, 0.717) is 12.0 Å². The minimum Gasteiger partial charge on any atom is -0.367 e. The molecular formula is C9H11NO3S. The van der Waals surface area contributed by atoms with Gasteiger partial charge in [0.2, 0.25) is 0 Å². The first-order valence-electron chi connectivity index (χ1n) is 4.46. The third kappa shape index (κ3) is 1.72. The molecule has 2 heterocycles. The highest BCUT2D eigenvalue weighted by molar-refractivity contribution is 7.91. The maximum absolute atomic E-state index is 11.7. The summed E-state index contributed by atoms with van der Waals surface area (Å²) in [7, 11) is -2.96. The lowest BCUT2D eigenvalue weighted by atomic mass is 9.99. The van der Waals surface area contributed by atoms with Crippen molar-refractivity contribution in [2.45, 2.75) is 6.42 Å². The molecule has 4 nitrogen and oxygen atoms in total. The summed E-state index contributed by atoms with van der Waals surface area (Å²) in [5.74, 6) is -0.242. The predicted molar refractivity (Wildman–Crippen MR) is 51.9 cm³/mol. The van der Waals surface area contributed by atoms with Crippen LogP contribution in [0.3, 0.4) is 0 Å². The van der Waals surface area contributed by atoms with Crippen molar-refractivity contribution < 1.29 is 13.2 Å². The lowest BCUT2D eigenvalue weighted by Crippen LogP contribution is -2.15. The Balaban J connectivity index is 2.16. The molecule has 1 aromatic heterocycles. The zero-order valence-electron chi connectivity index (χ0n) is 7.56. The number of nitrogens with one attached hydrogen (secondary N) is 1. The maximum Gasteiger partial charge on any atom is 0.168 e. The van der Waals surface area contributed by atoms with Crippen molar-refractivity contribution >= 4 is 15.6 Å². The fourth-order valence-electron chi connectivity index (χ4n) is 1.71. The molecule has 1 atom stereocenters. The van der Waals surface area contributed by atoms with E-state index in [1.807, 2.05) is 0 Å². The van der Waals surface area contributed by atoms with Gasteiger partial charge in [0.1, 0.15) is 0 Å². The van der Waals surface area contributed by atoms with Gasteiger partial charge < -0.3 is 4.98 Å². The van der Waals surface area contributed by atoms with Gasteiger partial charge in [-0.1, -0.05) is 0 Å². The number of carbonyl (C=O) groups is 1. The van der Waals surface area contributed by atoms with Crippen molar-refractivity contribution in [2.75, 3.05) is 11.5 Å². The van der Waals surface area contributed by atoms with Crippen LogP contribution in [0.2, 0.25) is 0 Å². The second-order valence-corrected chi connectivity index (χ2v) is 5.79. The number of aromatic nitrogens is 1. The number of H-pyrrole nitrogens is 1. The van der Waals surface area contributed by atoms with E-state index in [1.54, 1.807) is 18.5 Å². The first-order valence-corrected chi connectivity index (χ1v) is 6.28. The van der Waals surface area contributed by atoms with Gasteiger partial charge in [-0.3, -0.25) is 4.79 Å². The first-order chi connectivity index (χ1) is 6.58. The van der Waals surface area contributed by atoms with Crippen LogP contribution in [0.1, 0.15) is 16.8 Å². The summed E-state index contributed by atoms with van der Waals surface area (Å²) in [4.78, 5) is 14.5. The molecule has 1 aliphatic heterocycles. The van der Waals surface area contributed by atoms with Crippen molar-refractivity contribution in [1.82, 2.24) is 4.98 Å². The van der Waals surface area contributed by atoms with Crippen LogP contribution in [0.4, 0.5) is 0 Å². The number of hydrogen-bond acceptors (Lipinski definition) is 3. The average molecular weight is 213 g/mol. The van der Waals surface area contributed by atoms with Crippen LogP contribution in [-0.4, -0.2) is 30.7 Å². The number of ketones is 1. The van der Waals surface area contributed by atoms with Crippen LogP contribution >= 0.6 is 0 Å². The number of Topliss-reactive ketones (excluding diaryl/α,β-unsaturated/α-hetero) is 1. The molecule has 2 rings (SSSR count). The summed E-state index contributed by atoms with van der Waals surface area (Å²) >= 11 is 0. The van der Waals surface area contributed by atoms with Crippen molar-refractivity contribution in [3.8, 4) is 0 Å². The summed E-state index contributed by atoms with van der Waals surface area (Å²) in [5, 5.41) is 0. The molecule has 0 radical (unpaired) electrons. The van der Waals surface area contributed by atoms with Gasteiger partial charge in [-0.25, -0.2) is 8.42 Å². The quantitative estimate of drug-likeness (QED) is 0.733. The van der Waals surface area contributed by atoms with Crippen LogP contribution in [0.25, 0.3) is 0 Å². The first kappa shape index (κ1) is 9.45. The smallest absolute Gasteiger partial charge is 0.168 e. The SMILES string of the molecule is O=C(c1cc[nH]c1)C1CCS(=O)(=O)C1. The molecule has 1 fully saturated rings. The highest BCUT2D eigenvalue weighted by atomic mass is 32.2. The van der Waals surface area contributed by atoms with E-state index in [2.05, 4.69) is 4.98 Å². The Morgan fingerprint density at radius 2 is 2.29 bits per heavy atom. The van der Waals surface area contributed by atoms with Gasteiger partial charge in [0.15, 0.2) is 15.6 Å². The van der Waals surface area contributed by atoms with E-state index in [1.165, 1.54) is 0 Å². The number of rotatable bonds is 2. The van der Waals surface area contributed by atoms with Crippen LogP contribution in [0, 0.1) is 5.92 Å². The number of aromatic amines is 1. The molecule has 5 heteroatoms. The van der Waals surface area contributed by atoms with Crippen LogP contribution in [0.5, 0.6) is 0 Å². The minimum absolute atomic E-state index is 0.0109. The summed E-state index contributed by atoms with van der Waals surface area (Å²) in [5.41, 5.74) is 0.576. The average Bonchev–Trinajstić information content (AvgIpc) is 2.72. The van der Waals surface area contributed by atoms with Gasteiger partial charge in [-0.2, -0.15) is 0 Å². The third-order valence-corrected chi connectivity index (χ3v) is 4.25. The Labute approximate surface area is 82.2 Å². The summed E-state index contributed by atoms with van der Waals surface area (Å²) in [6.07, 6.45) is 3.73. The van der Waals surface area contributed by atoms with Crippen molar-refractivity contribution in [3.05, 3.63) is 24.0 Å². The van der Waals surface area contributed by atoms with E-state index in [4.69, 9.17) is 0 Å². The van der Waals surface area contributed by atoms with Crippen molar-refractivity contribution in [2.24, 2.45) is 5.92 Å². The Morgan fingerprint density at radius 1 is 1.50 bits per heavy atom. The van der Waals surface area contributed by atoms with Gasteiger partial charge >= 0.3 is 0 Å². The molecule has 0 amide bonds. The predicted octanol–water partition coefficient (Wildman–Crippen LogP) is 0.632.